The molecule has 3 N–H and O–H groups in total. The summed E-state index contributed by atoms with van der Waals surface area (Å²) < 4.78 is 5.40. The van der Waals surface area contributed by atoms with E-state index in [0.717, 1.165) is 5.69 Å². The van der Waals surface area contributed by atoms with Crippen LogP contribution in [0, 0.1) is 0 Å². The Labute approximate surface area is 128 Å². The van der Waals surface area contributed by atoms with Crippen molar-refractivity contribution in [3.8, 4) is 5.75 Å². The molecule has 2 aromatic rings. The second-order valence-corrected chi connectivity index (χ2v) is 4.32. The van der Waals surface area contributed by atoms with Gasteiger partial charge in [0.1, 0.15) is 5.75 Å². The Morgan fingerprint density at radius 1 is 1.10 bits per heavy atom. The molecular weight excluding hydrogens is 299 g/mol. The van der Waals surface area contributed by atoms with Crippen LogP contribution in [0.25, 0.3) is 0 Å². The van der Waals surface area contributed by atoms with E-state index >= 15 is 0 Å². The Kier molecular flexibility index (Phi) is 6.31. The molecule has 106 valence electrons. The molecule has 0 aliphatic heterocycles. The van der Waals surface area contributed by atoms with Gasteiger partial charge in [-0.25, -0.2) is 0 Å². The Hall–Kier alpha value is -1.75. The number of carbonyl (C=O) groups is 1. The van der Waals surface area contributed by atoms with E-state index in [1.165, 1.54) is 0 Å². The number of ether oxygens (including phenoxy) is 1. The van der Waals surface area contributed by atoms with Gasteiger partial charge < -0.3 is 10.2 Å². The predicted octanol–water partition coefficient (Wildman–Crippen LogP) is 3.31. The Balaban J connectivity index is 0.00000200. The lowest BCUT2D eigenvalue weighted by molar-refractivity contribution is 0.0921. The number of nitrogens with two attached hydrogens (primary N) is 1. The average Bonchev–Trinajstić information content (AvgIpc) is 2.46. The van der Waals surface area contributed by atoms with Crippen molar-refractivity contribution >= 4 is 35.5 Å². The minimum atomic E-state index is -0.0994. The molecule has 0 unspecified atom stereocenters. The lowest BCUT2D eigenvalue weighted by Crippen LogP contribution is -2.11. The molecule has 0 aliphatic rings. The van der Waals surface area contributed by atoms with Crippen molar-refractivity contribution < 1.29 is 9.53 Å². The largest absolute Gasteiger partial charge is 0.485 e. The summed E-state index contributed by atoms with van der Waals surface area (Å²) >= 11 is 5.76. The smallest absolute Gasteiger partial charge is 0.200 e. The van der Waals surface area contributed by atoms with Gasteiger partial charge in [-0.05, 0) is 48.5 Å². The Bertz CT molecular complexity index is 556. The molecule has 0 saturated carbocycles. The number of nitrogen functional groups attached to an aromatic ring is 1. The van der Waals surface area contributed by atoms with Gasteiger partial charge >= 0.3 is 0 Å². The van der Waals surface area contributed by atoms with Gasteiger partial charge in [0.05, 0.1) is 0 Å². The number of halogens is 2. The van der Waals surface area contributed by atoms with Crippen LogP contribution < -0.4 is 16.0 Å². The fourth-order valence-corrected chi connectivity index (χ4v) is 1.64. The minimum absolute atomic E-state index is 0. The van der Waals surface area contributed by atoms with E-state index < -0.39 is 0 Å². The maximum Gasteiger partial charge on any atom is 0.200 e. The van der Waals surface area contributed by atoms with Gasteiger partial charge in [-0.15, -0.1) is 12.4 Å². The van der Waals surface area contributed by atoms with E-state index in [1.54, 1.807) is 48.5 Å². The van der Waals surface area contributed by atoms with Gasteiger partial charge in [0.15, 0.2) is 12.4 Å². The number of rotatable bonds is 5. The van der Waals surface area contributed by atoms with Crippen LogP contribution >= 0.6 is 24.0 Å². The Morgan fingerprint density at radius 2 is 1.70 bits per heavy atom. The highest BCUT2D eigenvalue weighted by Gasteiger charge is 2.06. The molecule has 0 bridgehead atoms. The minimum Gasteiger partial charge on any atom is -0.485 e. The van der Waals surface area contributed by atoms with Crippen LogP contribution in [0.15, 0.2) is 48.5 Å². The maximum absolute atomic E-state index is 11.9. The molecule has 0 heterocycles. The van der Waals surface area contributed by atoms with Crippen molar-refractivity contribution in [2.24, 2.45) is 5.84 Å². The molecule has 0 aliphatic carbocycles. The second kappa shape index (κ2) is 7.75. The predicted molar refractivity (Wildman–Crippen MR) is 82.8 cm³/mol. The fourth-order valence-electron chi connectivity index (χ4n) is 1.52. The molecule has 6 heteroatoms. The third-order valence-corrected chi connectivity index (χ3v) is 2.81. The quantitative estimate of drug-likeness (QED) is 0.505. The van der Waals surface area contributed by atoms with E-state index in [2.05, 4.69) is 5.43 Å². The number of nitrogens with one attached hydrogen (secondary N) is 1. The highest BCUT2D eigenvalue weighted by atomic mass is 35.5. The SMILES string of the molecule is Cl.NNc1ccc(OCC(=O)c2ccc(Cl)cc2)cc1. The molecule has 2 aromatic carbocycles. The molecule has 0 amide bonds. The lowest BCUT2D eigenvalue weighted by atomic mass is 10.1. The van der Waals surface area contributed by atoms with Gasteiger partial charge in [0, 0.05) is 16.3 Å². The number of Topliss-reactive ketones (excluding diaryl/α,β-unsaturated/α-hetero) is 1. The Morgan fingerprint density at radius 3 is 2.25 bits per heavy atom. The van der Waals surface area contributed by atoms with Crippen molar-refractivity contribution in [3.05, 3.63) is 59.1 Å². The normalized spacial score (nSPS) is 9.50. The molecule has 0 aromatic heterocycles. The zero-order chi connectivity index (χ0) is 13.7. The summed E-state index contributed by atoms with van der Waals surface area (Å²) in [6, 6.07) is 13.7. The third kappa shape index (κ3) is 4.42. The summed E-state index contributed by atoms with van der Waals surface area (Å²) in [4.78, 5) is 11.9. The lowest BCUT2D eigenvalue weighted by Gasteiger charge is -2.06. The average molecular weight is 313 g/mol. The monoisotopic (exact) mass is 312 g/mol. The van der Waals surface area contributed by atoms with Crippen molar-refractivity contribution in [2.75, 3.05) is 12.0 Å². The summed E-state index contributed by atoms with van der Waals surface area (Å²) in [5, 5.41) is 0.599. The number of benzene rings is 2. The highest BCUT2D eigenvalue weighted by molar-refractivity contribution is 6.30. The highest BCUT2D eigenvalue weighted by Crippen LogP contribution is 2.15. The van der Waals surface area contributed by atoms with Gasteiger partial charge in [0.2, 0.25) is 0 Å². The molecule has 0 spiro atoms. The summed E-state index contributed by atoms with van der Waals surface area (Å²) in [6.45, 7) is -0.0168. The van der Waals surface area contributed by atoms with E-state index in [1.807, 2.05) is 0 Å². The van der Waals surface area contributed by atoms with E-state index in [-0.39, 0.29) is 24.8 Å². The van der Waals surface area contributed by atoms with Crippen molar-refractivity contribution in [3.63, 3.8) is 0 Å². The fraction of sp³-hybridized carbons (Fsp3) is 0.0714. The van der Waals surface area contributed by atoms with Crippen LogP contribution in [0.2, 0.25) is 5.02 Å². The molecule has 0 radical (unpaired) electrons. The van der Waals surface area contributed by atoms with Crippen LogP contribution in [0.3, 0.4) is 0 Å². The van der Waals surface area contributed by atoms with Gasteiger partial charge in [-0.3, -0.25) is 10.6 Å². The number of hydrogen-bond acceptors (Lipinski definition) is 4. The van der Waals surface area contributed by atoms with E-state index in [9.17, 15) is 4.79 Å². The third-order valence-electron chi connectivity index (χ3n) is 2.56. The van der Waals surface area contributed by atoms with Gasteiger partial charge in [-0.1, -0.05) is 11.6 Å². The molecule has 0 saturated heterocycles. The van der Waals surface area contributed by atoms with E-state index in [0.29, 0.717) is 16.3 Å². The molecule has 0 atom stereocenters. The van der Waals surface area contributed by atoms with Crippen molar-refractivity contribution in [2.45, 2.75) is 0 Å². The first-order chi connectivity index (χ1) is 9.19. The van der Waals surface area contributed by atoms with Crippen LogP contribution in [0.5, 0.6) is 5.75 Å². The number of hydrogen-bond donors (Lipinski definition) is 2. The van der Waals surface area contributed by atoms with Crippen molar-refractivity contribution in [1.29, 1.82) is 0 Å². The molecule has 4 nitrogen and oxygen atoms in total. The standard InChI is InChI=1S/C14H13ClN2O2.ClH/c15-11-3-1-10(2-4-11)14(18)9-19-13-7-5-12(17-16)6-8-13;/h1-8,17H,9,16H2;1H. The molecule has 0 fully saturated rings. The maximum atomic E-state index is 11.9. The summed E-state index contributed by atoms with van der Waals surface area (Å²) in [5.74, 6) is 5.77. The number of hydrazine groups is 1. The van der Waals surface area contributed by atoms with E-state index in [4.69, 9.17) is 22.2 Å². The van der Waals surface area contributed by atoms with Crippen molar-refractivity contribution in [1.82, 2.24) is 0 Å². The first-order valence-corrected chi connectivity index (χ1v) is 6.05. The molecule has 20 heavy (non-hydrogen) atoms. The second-order valence-electron chi connectivity index (χ2n) is 3.89. The summed E-state index contributed by atoms with van der Waals surface area (Å²) in [7, 11) is 0. The summed E-state index contributed by atoms with van der Waals surface area (Å²) in [6.07, 6.45) is 0. The van der Waals surface area contributed by atoms with Crippen LogP contribution in [0.4, 0.5) is 5.69 Å². The van der Waals surface area contributed by atoms with Crippen LogP contribution in [-0.2, 0) is 0 Å². The molecular formula is C14H14Cl2N2O2. The zero-order valence-corrected chi connectivity index (χ0v) is 12.1. The van der Waals surface area contributed by atoms with Crippen LogP contribution in [0.1, 0.15) is 10.4 Å². The van der Waals surface area contributed by atoms with Gasteiger partial charge in [0.25, 0.3) is 0 Å². The number of carbonyl (C=O) groups excluding carboxylic acids is 1. The summed E-state index contributed by atoms with van der Waals surface area (Å²) in [5.41, 5.74) is 3.86. The number of ketones is 1. The molecule has 2 rings (SSSR count). The zero-order valence-electron chi connectivity index (χ0n) is 10.5. The first-order valence-electron chi connectivity index (χ1n) is 5.67. The first kappa shape index (κ1) is 16.3. The number of anilines is 1. The van der Waals surface area contributed by atoms with Gasteiger partial charge in [-0.2, -0.15) is 0 Å². The van der Waals surface area contributed by atoms with Crippen LogP contribution in [-0.4, -0.2) is 12.4 Å². The topological polar surface area (TPSA) is 64.3 Å².